The maximum absolute atomic E-state index is 2.62. The summed E-state index contributed by atoms with van der Waals surface area (Å²) < 4.78 is 0. The third kappa shape index (κ3) is 6.65. The second-order valence-corrected chi connectivity index (χ2v) is 6.63. The third-order valence-corrected chi connectivity index (χ3v) is 4.73. The lowest BCUT2D eigenvalue weighted by Crippen LogP contribution is -2.20. The lowest BCUT2D eigenvalue weighted by molar-refractivity contribution is 0.334. The van der Waals surface area contributed by atoms with Gasteiger partial charge in [0.25, 0.3) is 0 Å². The summed E-state index contributed by atoms with van der Waals surface area (Å²) in [6.45, 7) is 6.23. The molecule has 1 nitrogen and oxygen atoms in total. The molecule has 0 atom stereocenters. The van der Waals surface area contributed by atoms with Crippen LogP contribution in [0.3, 0.4) is 0 Å². The largest absolute Gasteiger partial charge is 0.303 e. The van der Waals surface area contributed by atoms with E-state index in [4.69, 9.17) is 0 Å². The van der Waals surface area contributed by atoms with Crippen molar-refractivity contribution in [2.24, 2.45) is 0 Å². The van der Waals surface area contributed by atoms with Crippen LogP contribution in [0.2, 0.25) is 0 Å². The average Bonchev–Trinajstić information content (AvgIpc) is 3.02. The number of benzene rings is 1. The van der Waals surface area contributed by atoms with Crippen LogP contribution in [0, 0.1) is 0 Å². The summed E-state index contributed by atoms with van der Waals surface area (Å²) in [7, 11) is 0. The van der Waals surface area contributed by atoms with Gasteiger partial charge in [0.15, 0.2) is 0 Å². The van der Waals surface area contributed by atoms with Crippen molar-refractivity contribution in [1.82, 2.24) is 4.90 Å². The maximum atomic E-state index is 2.62. The molecule has 0 bridgehead atoms. The molecular weight excluding hydrogens is 254 g/mol. The molecule has 0 unspecified atom stereocenters. The van der Waals surface area contributed by atoms with Gasteiger partial charge in [0, 0.05) is 0 Å². The van der Waals surface area contributed by atoms with Crippen LogP contribution in [0.4, 0.5) is 0 Å². The molecule has 1 heteroatoms. The SMILES string of the molecule is CCCCCCCc1ccc(CCCN2CCCC2)cc1. The Morgan fingerprint density at radius 3 is 1.95 bits per heavy atom. The fraction of sp³-hybridized carbons (Fsp3) is 0.700. The van der Waals surface area contributed by atoms with Crippen LogP contribution < -0.4 is 0 Å². The molecule has 1 aromatic carbocycles. The van der Waals surface area contributed by atoms with Gasteiger partial charge in [-0.2, -0.15) is 0 Å². The first-order chi connectivity index (χ1) is 10.4. The summed E-state index contributed by atoms with van der Waals surface area (Å²) in [6, 6.07) is 9.41. The summed E-state index contributed by atoms with van der Waals surface area (Å²) in [5.74, 6) is 0. The van der Waals surface area contributed by atoms with Gasteiger partial charge in [-0.15, -0.1) is 0 Å². The van der Waals surface area contributed by atoms with Gasteiger partial charge in [0.05, 0.1) is 0 Å². The Kier molecular flexibility index (Phi) is 7.88. The highest BCUT2D eigenvalue weighted by atomic mass is 15.1. The molecule has 1 fully saturated rings. The summed E-state index contributed by atoms with van der Waals surface area (Å²) in [5, 5.41) is 0. The summed E-state index contributed by atoms with van der Waals surface area (Å²) in [6.07, 6.45) is 13.5. The zero-order valence-electron chi connectivity index (χ0n) is 13.9. The van der Waals surface area contributed by atoms with E-state index >= 15 is 0 Å². The third-order valence-electron chi connectivity index (χ3n) is 4.73. The van der Waals surface area contributed by atoms with E-state index in [-0.39, 0.29) is 0 Å². The summed E-state index contributed by atoms with van der Waals surface area (Å²) in [4.78, 5) is 2.62. The summed E-state index contributed by atoms with van der Waals surface area (Å²) >= 11 is 0. The Morgan fingerprint density at radius 1 is 0.762 bits per heavy atom. The standard InChI is InChI=1S/C20H33N/c1-2-3-4-5-6-10-19-12-14-20(15-13-19)11-9-18-21-16-7-8-17-21/h12-15H,2-11,16-18H2,1H3. The van der Waals surface area contributed by atoms with E-state index in [0.717, 1.165) is 0 Å². The molecule has 0 saturated carbocycles. The molecule has 0 aromatic heterocycles. The van der Waals surface area contributed by atoms with E-state index in [9.17, 15) is 0 Å². The minimum atomic E-state index is 1.24. The highest BCUT2D eigenvalue weighted by molar-refractivity contribution is 5.22. The molecule has 118 valence electrons. The van der Waals surface area contributed by atoms with Gasteiger partial charge in [0.1, 0.15) is 0 Å². The van der Waals surface area contributed by atoms with Crippen molar-refractivity contribution in [3.8, 4) is 0 Å². The summed E-state index contributed by atoms with van der Waals surface area (Å²) in [5.41, 5.74) is 3.04. The molecule has 0 radical (unpaired) electrons. The van der Waals surface area contributed by atoms with E-state index in [0.29, 0.717) is 0 Å². The van der Waals surface area contributed by atoms with Crippen molar-refractivity contribution >= 4 is 0 Å². The van der Waals surface area contributed by atoms with Crippen LogP contribution in [0.25, 0.3) is 0 Å². The minimum Gasteiger partial charge on any atom is -0.303 e. The average molecular weight is 287 g/mol. The quantitative estimate of drug-likeness (QED) is 0.533. The van der Waals surface area contributed by atoms with Crippen molar-refractivity contribution in [3.05, 3.63) is 35.4 Å². The molecule has 1 aliphatic rings. The number of unbranched alkanes of at least 4 members (excludes halogenated alkanes) is 4. The van der Waals surface area contributed by atoms with Crippen LogP contribution in [-0.4, -0.2) is 24.5 Å². The van der Waals surface area contributed by atoms with Gasteiger partial charge in [-0.1, -0.05) is 56.9 Å². The maximum Gasteiger partial charge on any atom is -0.00156 e. The van der Waals surface area contributed by atoms with Crippen molar-refractivity contribution in [1.29, 1.82) is 0 Å². The number of hydrogen-bond acceptors (Lipinski definition) is 1. The molecule has 1 aliphatic heterocycles. The fourth-order valence-electron chi connectivity index (χ4n) is 3.32. The smallest absolute Gasteiger partial charge is 0.00156 e. The number of aryl methyl sites for hydroxylation is 2. The second-order valence-electron chi connectivity index (χ2n) is 6.63. The van der Waals surface area contributed by atoms with E-state index in [1.165, 1.54) is 95.0 Å². The Balaban J connectivity index is 1.59. The van der Waals surface area contributed by atoms with E-state index in [2.05, 4.69) is 36.1 Å². The predicted octanol–water partition coefficient (Wildman–Crippen LogP) is 5.23. The topological polar surface area (TPSA) is 3.24 Å². The van der Waals surface area contributed by atoms with E-state index in [1.54, 1.807) is 0 Å². The molecule has 0 aliphatic carbocycles. The minimum absolute atomic E-state index is 1.24. The lowest BCUT2D eigenvalue weighted by Gasteiger charge is -2.14. The highest BCUT2D eigenvalue weighted by Crippen LogP contribution is 2.13. The molecule has 1 aromatic rings. The van der Waals surface area contributed by atoms with Crippen LogP contribution in [0.1, 0.15) is 69.4 Å². The molecular formula is C20H33N. The monoisotopic (exact) mass is 287 g/mol. The first-order valence-electron chi connectivity index (χ1n) is 9.18. The molecule has 0 amide bonds. The molecule has 1 saturated heterocycles. The Hall–Kier alpha value is -0.820. The lowest BCUT2D eigenvalue weighted by atomic mass is 10.0. The van der Waals surface area contributed by atoms with Gasteiger partial charge in [-0.25, -0.2) is 0 Å². The van der Waals surface area contributed by atoms with Crippen molar-refractivity contribution in [2.45, 2.75) is 71.1 Å². The Morgan fingerprint density at radius 2 is 1.33 bits per heavy atom. The molecule has 21 heavy (non-hydrogen) atoms. The molecule has 1 heterocycles. The predicted molar refractivity (Wildman–Crippen MR) is 92.9 cm³/mol. The number of hydrogen-bond donors (Lipinski definition) is 0. The first-order valence-corrected chi connectivity index (χ1v) is 9.18. The van der Waals surface area contributed by atoms with Crippen molar-refractivity contribution in [2.75, 3.05) is 19.6 Å². The molecule has 0 spiro atoms. The van der Waals surface area contributed by atoms with Crippen molar-refractivity contribution in [3.63, 3.8) is 0 Å². The molecule has 2 rings (SSSR count). The molecule has 0 N–H and O–H groups in total. The zero-order valence-corrected chi connectivity index (χ0v) is 13.9. The van der Waals surface area contributed by atoms with Crippen LogP contribution in [0.5, 0.6) is 0 Å². The van der Waals surface area contributed by atoms with E-state index in [1.807, 2.05) is 0 Å². The van der Waals surface area contributed by atoms with Crippen LogP contribution in [-0.2, 0) is 12.8 Å². The van der Waals surface area contributed by atoms with Crippen LogP contribution in [0.15, 0.2) is 24.3 Å². The number of rotatable bonds is 10. The zero-order chi connectivity index (χ0) is 14.8. The van der Waals surface area contributed by atoms with Gasteiger partial charge in [-0.3, -0.25) is 0 Å². The Bertz CT molecular complexity index is 362. The first kappa shape index (κ1) is 16.5. The van der Waals surface area contributed by atoms with Crippen LogP contribution >= 0.6 is 0 Å². The van der Waals surface area contributed by atoms with Crippen molar-refractivity contribution < 1.29 is 0 Å². The van der Waals surface area contributed by atoms with Gasteiger partial charge in [-0.05, 0) is 69.3 Å². The number of likely N-dealkylation sites (tertiary alicyclic amines) is 1. The Labute approximate surface area is 131 Å². The van der Waals surface area contributed by atoms with Gasteiger partial charge in [0.2, 0.25) is 0 Å². The van der Waals surface area contributed by atoms with Gasteiger partial charge < -0.3 is 4.90 Å². The normalized spacial score (nSPS) is 15.7. The fourth-order valence-corrected chi connectivity index (χ4v) is 3.32. The van der Waals surface area contributed by atoms with Gasteiger partial charge >= 0.3 is 0 Å². The number of nitrogens with zero attached hydrogens (tertiary/aromatic N) is 1. The second kappa shape index (κ2) is 10.00. The highest BCUT2D eigenvalue weighted by Gasteiger charge is 2.10. The van der Waals surface area contributed by atoms with E-state index < -0.39 is 0 Å².